The highest BCUT2D eigenvalue weighted by molar-refractivity contribution is 5.85. The summed E-state index contributed by atoms with van der Waals surface area (Å²) < 4.78 is 37.9. The summed E-state index contributed by atoms with van der Waals surface area (Å²) in [6, 6.07) is 4.70. The van der Waals surface area contributed by atoms with Crippen molar-refractivity contribution in [3.8, 4) is 11.6 Å². The van der Waals surface area contributed by atoms with Crippen LogP contribution in [0.2, 0.25) is 0 Å². The van der Waals surface area contributed by atoms with Gasteiger partial charge in [-0.1, -0.05) is 0 Å². The number of hydrogen-bond donors (Lipinski definition) is 2. The number of hydrogen-bond acceptors (Lipinski definition) is 3. The van der Waals surface area contributed by atoms with Crippen molar-refractivity contribution in [2.24, 2.45) is 0 Å². The number of aromatic hydroxyl groups is 1. The summed E-state index contributed by atoms with van der Waals surface area (Å²) in [4.78, 5) is 10.6. The Morgan fingerprint density at radius 3 is 2.21 bits per heavy atom. The Hall–Kier alpha value is -2.51. The van der Waals surface area contributed by atoms with E-state index in [-0.39, 0.29) is 5.69 Å². The van der Waals surface area contributed by atoms with Gasteiger partial charge in [-0.15, -0.1) is 0 Å². The lowest BCUT2D eigenvalue weighted by Gasteiger charge is -2.08. The third-order valence-electron chi connectivity index (χ3n) is 2.35. The van der Waals surface area contributed by atoms with Crippen LogP contribution in [0.1, 0.15) is 16.1 Å². The van der Waals surface area contributed by atoms with E-state index in [9.17, 15) is 23.1 Å². The SMILES string of the molecule is O=C(O)c1cc(O)n(-c2ccc(C(F)(F)F)cc2)n1. The summed E-state index contributed by atoms with van der Waals surface area (Å²) in [6.45, 7) is 0. The molecule has 2 rings (SSSR count). The lowest BCUT2D eigenvalue weighted by atomic mass is 10.2. The normalized spacial score (nSPS) is 11.5. The molecule has 8 heteroatoms. The van der Waals surface area contributed by atoms with Gasteiger partial charge in [0.2, 0.25) is 5.88 Å². The van der Waals surface area contributed by atoms with Crippen LogP contribution >= 0.6 is 0 Å². The van der Waals surface area contributed by atoms with Crippen molar-refractivity contribution in [2.75, 3.05) is 0 Å². The van der Waals surface area contributed by atoms with Gasteiger partial charge >= 0.3 is 12.1 Å². The number of rotatable bonds is 2. The van der Waals surface area contributed by atoms with Crippen LogP contribution in [0.25, 0.3) is 5.69 Å². The number of carboxylic acid groups (broad SMARTS) is 1. The fourth-order valence-corrected chi connectivity index (χ4v) is 1.46. The number of aromatic nitrogens is 2. The first kappa shape index (κ1) is 12.9. The molecule has 1 aromatic heterocycles. The van der Waals surface area contributed by atoms with E-state index in [0.29, 0.717) is 0 Å². The van der Waals surface area contributed by atoms with Gasteiger partial charge in [0.05, 0.1) is 11.3 Å². The summed E-state index contributed by atoms with van der Waals surface area (Å²) >= 11 is 0. The number of nitrogens with zero attached hydrogens (tertiary/aromatic N) is 2. The molecular formula is C11H7F3N2O3. The van der Waals surface area contributed by atoms with Crippen LogP contribution in [0, 0.1) is 0 Å². The van der Waals surface area contributed by atoms with Crippen LogP contribution < -0.4 is 0 Å². The fraction of sp³-hybridized carbons (Fsp3) is 0.0909. The molecular weight excluding hydrogens is 265 g/mol. The molecule has 1 heterocycles. The van der Waals surface area contributed by atoms with Gasteiger partial charge in [-0.25, -0.2) is 9.48 Å². The highest BCUT2D eigenvalue weighted by Crippen LogP contribution is 2.30. The van der Waals surface area contributed by atoms with E-state index in [2.05, 4.69) is 5.10 Å². The Labute approximate surface area is 104 Å². The summed E-state index contributed by atoms with van der Waals surface area (Å²) in [5.74, 6) is -1.82. The molecule has 0 saturated heterocycles. The Kier molecular flexibility index (Phi) is 2.93. The monoisotopic (exact) mass is 272 g/mol. The Balaban J connectivity index is 2.40. The van der Waals surface area contributed by atoms with Gasteiger partial charge in [0.25, 0.3) is 0 Å². The maximum Gasteiger partial charge on any atom is 0.416 e. The van der Waals surface area contributed by atoms with Crippen LogP contribution in [0.15, 0.2) is 30.3 Å². The summed E-state index contributed by atoms with van der Waals surface area (Å²) in [6.07, 6.45) is -4.46. The first-order chi connectivity index (χ1) is 8.79. The number of carboxylic acids is 1. The van der Waals surface area contributed by atoms with Crippen molar-refractivity contribution >= 4 is 5.97 Å². The minimum Gasteiger partial charge on any atom is -0.493 e. The van der Waals surface area contributed by atoms with Crippen LogP contribution in [-0.4, -0.2) is 26.0 Å². The minimum atomic E-state index is -4.46. The molecule has 100 valence electrons. The number of benzene rings is 1. The van der Waals surface area contributed by atoms with Gasteiger partial charge in [-0.2, -0.15) is 18.3 Å². The molecule has 0 amide bonds. The maximum absolute atomic E-state index is 12.4. The molecule has 0 radical (unpaired) electrons. The maximum atomic E-state index is 12.4. The van der Waals surface area contributed by atoms with E-state index in [1.165, 1.54) is 0 Å². The molecule has 0 bridgehead atoms. The number of aromatic carboxylic acids is 1. The van der Waals surface area contributed by atoms with Crippen LogP contribution in [0.5, 0.6) is 5.88 Å². The standard InChI is InChI=1S/C11H7F3N2O3/c12-11(13,14)6-1-3-7(4-2-6)16-9(17)5-8(15-16)10(18)19/h1-5,17H,(H,18,19). The molecule has 0 aliphatic carbocycles. The average Bonchev–Trinajstić information content (AvgIpc) is 2.70. The summed E-state index contributed by atoms with van der Waals surface area (Å²) in [5.41, 5.74) is -1.13. The van der Waals surface area contributed by atoms with Gasteiger partial charge in [0.1, 0.15) is 0 Å². The molecule has 0 fully saturated rings. The van der Waals surface area contributed by atoms with E-state index in [0.717, 1.165) is 35.0 Å². The van der Waals surface area contributed by atoms with Crippen molar-refractivity contribution in [3.05, 3.63) is 41.6 Å². The highest BCUT2D eigenvalue weighted by atomic mass is 19.4. The van der Waals surface area contributed by atoms with E-state index < -0.39 is 29.3 Å². The second kappa shape index (κ2) is 4.30. The number of halogens is 3. The first-order valence-electron chi connectivity index (χ1n) is 4.99. The molecule has 0 aliphatic rings. The molecule has 2 aromatic rings. The second-order valence-corrected chi connectivity index (χ2v) is 3.65. The Morgan fingerprint density at radius 1 is 1.21 bits per heavy atom. The zero-order valence-corrected chi connectivity index (χ0v) is 9.22. The third-order valence-corrected chi connectivity index (χ3v) is 2.35. The Bertz CT molecular complexity index is 617. The molecule has 0 saturated carbocycles. The zero-order chi connectivity index (χ0) is 14.2. The van der Waals surface area contributed by atoms with Gasteiger partial charge in [-0.05, 0) is 24.3 Å². The smallest absolute Gasteiger partial charge is 0.416 e. The van der Waals surface area contributed by atoms with Gasteiger partial charge in [-0.3, -0.25) is 0 Å². The zero-order valence-electron chi connectivity index (χ0n) is 9.22. The van der Waals surface area contributed by atoms with Crippen LogP contribution in [-0.2, 0) is 6.18 Å². The van der Waals surface area contributed by atoms with E-state index in [1.807, 2.05) is 0 Å². The molecule has 2 N–H and O–H groups in total. The largest absolute Gasteiger partial charge is 0.493 e. The number of carbonyl (C=O) groups is 1. The topological polar surface area (TPSA) is 75.3 Å². The van der Waals surface area contributed by atoms with Gasteiger partial charge in [0.15, 0.2) is 5.69 Å². The lowest BCUT2D eigenvalue weighted by molar-refractivity contribution is -0.137. The van der Waals surface area contributed by atoms with Crippen LogP contribution in [0.3, 0.4) is 0 Å². The van der Waals surface area contributed by atoms with E-state index >= 15 is 0 Å². The van der Waals surface area contributed by atoms with Gasteiger partial charge in [0, 0.05) is 6.07 Å². The average molecular weight is 272 g/mol. The number of alkyl halides is 3. The van der Waals surface area contributed by atoms with Crippen molar-refractivity contribution < 1.29 is 28.2 Å². The van der Waals surface area contributed by atoms with E-state index in [1.54, 1.807) is 0 Å². The highest BCUT2D eigenvalue weighted by Gasteiger charge is 2.30. The molecule has 0 aliphatic heterocycles. The molecule has 5 nitrogen and oxygen atoms in total. The van der Waals surface area contributed by atoms with Gasteiger partial charge < -0.3 is 10.2 Å². The quantitative estimate of drug-likeness (QED) is 0.879. The fourth-order valence-electron chi connectivity index (χ4n) is 1.46. The molecule has 0 atom stereocenters. The van der Waals surface area contributed by atoms with Crippen molar-refractivity contribution in [1.82, 2.24) is 9.78 Å². The molecule has 1 aromatic carbocycles. The first-order valence-corrected chi connectivity index (χ1v) is 4.99. The van der Waals surface area contributed by atoms with Crippen LogP contribution in [0.4, 0.5) is 13.2 Å². The lowest BCUT2D eigenvalue weighted by Crippen LogP contribution is -2.05. The Morgan fingerprint density at radius 2 is 1.79 bits per heavy atom. The molecule has 0 unspecified atom stereocenters. The molecule has 19 heavy (non-hydrogen) atoms. The van der Waals surface area contributed by atoms with Crippen molar-refractivity contribution in [3.63, 3.8) is 0 Å². The summed E-state index contributed by atoms with van der Waals surface area (Å²) in [7, 11) is 0. The third kappa shape index (κ3) is 2.51. The predicted octanol–water partition coefficient (Wildman–Crippen LogP) is 2.29. The summed E-state index contributed by atoms with van der Waals surface area (Å²) in [5, 5.41) is 21.7. The van der Waals surface area contributed by atoms with E-state index in [4.69, 9.17) is 5.11 Å². The predicted molar refractivity (Wildman–Crippen MR) is 57.2 cm³/mol. The second-order valence-electron chi connectivity index (χ2n) is 3.65. The minimum absolute atomic E-state index is 0.123. The van der Waals surface area contributed by atoms with Crippen molar-refractivity contribution in [2.45, 2.75) is 6.18 Å². The molecule has 0 spiro atoms. The van der Waals surface area contributed by atoms with Crippen molar-refractivity contribution in [1.29, 1.82) is 0 Å².